The van der Waals surface area contributed by atoms with E-state index in [4.69, 9.17) is 15.0 Å². The molecule has 0 spiro atoms. The van der Waals surface area contributed by atoms with Crippen molar-refractivity contribution < 1.29 is 0 Å². The maximum atomic E-state index is 5.01. The summed E-state index contributed by atoms with van der Waals surface area (Å²) in [5.74, 6) is 1.93. The van der Waals surface area contributed by atoms with Crippen molar-refractivity contribution in [1.29, 1.82) is 0 Å². The Hall–Kier alpha value is -7.43. The van der Waals surface area contributed by atoms with E-state index < -0.39 is 0 Å². The second-order valence-electron chi connectivity index (χ2n) is 13.7. The fraction of sp³-hybridized carbons (Fsp3) is 0. The molecule has 4 heteroatoms. The lowest BCUT2D eigenvalue weighted by Gasteiger charge is -2.15. The summed E-state index contributed by atoms with van der Waals surface area (Å²) in [7, 11) is 0. The van der Waals surface area contributed by atoms with E-state index in [0.29, 0.717) is 17.5 Å². The molecule has 2 aromatic heterocycles. The van der Waals surface area contributed by atoms with Crippen LogP contribution in [0.1, 0.15) is 0 Å². The van der Waals surface area contributed by atoms with Crippen LogP contribution in [0.4, 0.5) is 0 Å². The molecule has 0 bridgehead atoms. The third-order valence-corrected chi connectivity index (χ3v) is 10.3. The molecule has 0 fully saturated rings. The summed E-state index contributed by atoms with van der Waals surface area (Å²) in [5.41, 5.74) is 13.3. The average molecular weight is 703 g/mol. The quantitative estimate of drug-likeness (QED) is 0.166. The van der Waals surface area contributed by atoms with Crippen molar-refractivity contribution in [2.75, 3.05) is 0 Å². The number of nitrogens with zero attached hydrogens (tertiary/aromatic N) is 4. The lowest BCUT2D eigenvalue weighted by atomic mass is 9.90. The first-order valence-electron chi connectivity index (χ1n) is 18.5. The van der Waals surface area contributed by atoms with Crippen molar-refractivity contribution in [3.63, 3.8) is 0 Å². The van der Waals surface area contributed by atoms with Crippen LogP contribution in [0.3, 0.4) is 0 Å². The Bertz CT molecular complexity index is 2900. The van der Waals surface area contributed by atoms with Crippen molar-refractivity contribution >= 4 is 21.8 Å². The van der Waals surface area contributed by atoms with E-state index in [9.17, 15) is 0 Å². The Kier molecular flexibility index (Phi) is 8.12. The topological polar surface area (TPSA) is 43.6 Å². The van der Waals surface area contributed by atoms with E-state index >= 15 is 0 Å². The molecule has 8 aromatic carbocycles. The molecule has 55 heavy (non-hydrogen) atoms. The van der Waals surface area contributed by atoms with Gasteiger partial charge in [0.2, 0.25) is 0 Å². The Morgan fingerprint density at radius 1 is 0.273 bits per heavy atom. The van der Waals surface area contributed by atoms with Crippen LogP contribution in [0.2, 0.25) is 0 Å². The van der Waals surface area contributed by atoms with Gasteiger partial charge in [-0.15, -0.1) is 0 Å². The SMILES string of the molecule is c1ccc(-c2nc(-c3ccccc3)nc(-c3cccc(-c4ccc(-c5ccc6c(c5)c5ccccc5n6-c5ccccc5)cc4-c4ccccc4)c3)n2)cc1. The fourth-order valence-electron chi connectivity index (χ4n) is 7.60. The zero-order chi connectivity index (χ0) is 36.6. The molecule has 0 aliphatic heterocycles. The highest BCUT2D eigenvalue weighted by molar-refractivity contribution is 6.10. The lowest BCUT2D eigenvalue weighted by Crippen LogP contribution is -2.00. The Morgan fingerprint density at radius 2 is 0.764 bits per heavy atom. The molecular formula is C51H34N4. The summed E-state index contributed by atoms with van der Waals surface area (Å²) >= 11 is 0. The van der Waals surface area contributed by atoms with Gasteiger partial charge < -0.3 is 4.57 Å². The molecule has 0 saturated heterocycles. The monoisotopic (exact) mass is 702 g/mol. The number of hydrogen-bond donors (Lipinski definition) is 0. The summed E-state index contributed by atoms with van der Waals surface area (Å²) in [6.07, 6.45) is 0. The van der Waals surface area contributed by atoms with Crippen LogP contribution < -0.4 is 0 Å². The van der Waals surface area contributed by atoms with Crippen molar-refractivity contribution in [2.45, 2.75) is 0 Å². The highest BCUT2D eigenvalue weighted by Crippen LogP contribution is 2.39. The van der Waals surface area contributed by atoms with Crippen molar-refractivity contribution in [2.24, 2.45) is 0 Å². The molecule has 0 radical (unpaired) electrons. The average Bonchev–Trinajstić information content (AvgIpc) is 3.61. The molecule has 0 N–H and O–H groups in total. The molecule has 0 atom stereocenters. The first kappa shape index (κ1) is 32.2. The van der Waals surface area contributed by atoms with E-state index in [1.165, 1.54) is 27.4 Å². The minimum Gasteiger partial charge on any atom is -0.309 e. The van der Waals surface area contributed by atoms with Gasteiger partial charge in [0.1, 0.15) is 0 Å². The number of aromatic nitrogens is 4. The first-order chi connectivity index (χ1) is 27.3. The summed E-state index contributed by atoms with van der Waals surface area (Å²) in [4.78, 5) is 14.9. The number of benzene rings is 8. The Balaban J connectivity index is 1.10. The molecular weight excluding hydrogens is 669 g/mol. The molecule has 0 saturated carbocycles. The van der Waals surface area contributed by atoms with Crippen LogP contribution in [0.25, 0.3) is 95.0 Å². The molecule has 0 unspecified atom stereocenters. The predicted molar refractivity (Wildman–Crippen MR) is 227 cm³/mol. The number of para-hydroxylation sites is 2. The third kappa shape index (κ3) is 6.06. The molecule has 10 aromatic rings. The van der Waals surface area contributed by atoms with E-state index in [0.717, 1.165) is 50.2 Å². The largest absolute Gasteiger partial charge is 0.309 e. The van der Waals surface area contributed by atoms with Crippen LogP contribution in [0, 0.1) is 0 Å². The first-order valence-corrected chi connectivity index (χ1v) is 18.5. The molecule has 0 aliphatic rings. The predicted octanol–water partition coefficient (Wildman–Crippen LogP) is 13.0. The van der Waals surface area contributed by atoms with Crippen LogP contribution in [0.15, 0.2) is 206 Å². The van der Waals surface area contributed by atoms with Gasteiger partial charge in [-0.2, -0.15) is 0 Å². The summed E-state index contributed by atoms with van der Waals surface area (Å²) in [6, 6.07) is 72.4. The molecule has 10 rings (SSSR count). The Labute approximate surface area is 319 Å². The molecule has 4 nitrogen and oxygen atoms in total. The maximum absolute atomic E-state index is 5.01. The molecule has 2 heterocycles. The minimum atomic E-state index is 0.635. The third-order valence-electron chi connectivity index (χ3n) is 10.3. The van der Waals surface area contributed by atoms with E-state index in [1.807, 2.05) is 60.7 Å². The Morgan fingerprint density at radius 3 is 1.44 bits per heavy atom. The number of hydrogen-bond acceptors (Lipinski definition) is 3. The van der Waals surface area contributed by atoms with Crippen LogP contribution in [-0.2, 0) is 0 Å². The zero-order valence-electron chi connectivity index (χ0n) is 29.9. The van der Waals surface area contributed by atoms with Gasteiger partial charge in [-0.25, -0.2) is 15.0 Å². The van der Waals surface area contributed by atoms with Gasteiger partial charge in [0, 0.05) is 33.2 Å². The number of rotatable bonds is 7. The van der Waals surface area contributed by atoms with E-state index in [-0.39, 0.29) is 0 Å². The fourth-order valence-corrected chi connectivity index (χ4v) is 7.60. The van der Waals surface area contributed by atoms with Gasteiger partial charge in [0.05, 0.1) is 11.0 Å². The van der Waals surface area contributed by atoms with Crippen LogP contribution in [-0.4, -0.2) is 19.5 Å². The summed E-state index contributed by atoms with van der Waals surface area (Å²) < 4.78 is 2.36. The highest BCUT2D eigenvalue weighted by atomic mass is 15.0. The number of fused-ring (bicyclic) bond motifs is 3. The van der Waals surface area contributed by atoms with Crippen LogP contribution in [0.5, 0.6) is 0 Å². The van der Waals surface area contributed by atoms with E-state index in [2.05, 4.69) is 150 Å². The zero-order valence-corrected chi connectivity index (χ0v) is 29.9. The van der Waals surface area contributed by atoms with Crippen molar-refractivity contribution in [1.82, 2.24) is 19.5 Å². The summed E-state index contributed by atoms with van der Waals surface area (Å²) in [6.45, 7) is 0. The molecule has 0 amide bonds. The highest BCUT2D eigenvalue weighted by Gasteiger charge is 2.17. The van der Waals surface area contributed by atoms with Crippen molar-refractivity contribution in [3.05, 3.63) is 206 Å². The van der Waals surface area contributed by atoms with Gasteiger partial charge in [-0.05, 0) is 75.8 Å². The second kappa shape index (κ2) is 13.8. The normalized spacial score (nSPS) is 11.3. The molecule has 258 valence electrons. The maximum Gasteiger partial charge on any atom is 0.164 e. The standard InChI is InChI=1S/C51H34N4/c1-5-16-35(17-6-1)45-33-38(39-29-31-48-46(34-39)44-26-13-14-27-47(44)55(48)42-24-11-4-12-25-42)28-30-43(45)40-22-15-23-41(32-40)51-53-49(36-18-7-2-8-19-36)52-50(54-51)37-20-9-3-10-21-37/h1-34H. The summed E-state index contributed by atoms with van der Waals surface area (Å²) in [5, 5.41) is 2.47. The van der Waals surface area contributed by atoms with Gasteiger partial charge in [0.15, 0.2) is 17.5 Å². The van der Waals surface area contributed by atoms with Gasteiger partial charge in [-0.3, -0.25) is 0 Å². The second-order valence-corrected chi connectivity index (χ2v) is 13.7. The van der Waals surface area contributed by atoms with E-state index in [1.54, 1.807) is 0 Å². The minimum absolute atomic E-state index is 0.635. The lowest BCUT2D eigenvalue weighted by molar-refractivity contribution is 1.07. The van der Waals surface area contributed by atoms with Gasteiger partial charge in [-0.1, -0.05) is 164 Å². The smallest absolute Gasteiger partial charge is 0.164 e. The van der Waals surface area contributed by atoms with Crippen LogP contribution >= 0.6 is 0 Å². The van der Waals surface area contributed by atoms with Gasteiger partial charge >= 0.3 is 0 Å². The van der Waals surface area contributed by atoms with Gasteiger partial charge in [0.25, 0.3) is 0 Å². The van der Waals surface area contributed by atoms with Crippen molar-refractivity contribution in [3.8, 4) is 73.2 Å². The molecule has 0 aliphatic carbocycles.